The number of piperidine rings is 1. The fraction of sp³-hybridized carbons (Fsp3) is 0.378. The third kappa shape index (κ3) is 8.27. The number of nitrogens with zero attached hydrogens (tertiary/aromatic N) is 3. The Hall–Kier alpha value is -4.79. The van der Waals surface area contributed by atoms with Crippen LogP contribution in [-0.2, 0) is 23.1 Å². The highest BCUT2D eigenvalue weighted by Crippen LogP contribution is 2.28. The first kappa shape index (κ1) is 32.6. The number of hydrogen-bond acceptors (Lipinski definition) is 5. The largest absolute Gasteiger partial charge is 0.497 e. The van der Waals surface area contributed by atoms with Crippen molar-refractivity contribution in [2.75, 3.05) is 37.9 Å². The van der Waals surface area contributed by atoms with Gasteiger partial charge in [-0.1, -0.05) is 50.6 Å². The van der Waals surface area contributed by atoms with E-state index < -0.39 is 0 Å². The third-order valence-electron chi connectivity index (χ3n) is 8.44. The van der Waals surface area contributed by atoms with Crippen LogP contribution in [0.25, 0.3) is 5.69 Å². The van der Waals surface area contributed by atoms with Gasteiger partial charge in [-0.15, -0.1) is 0 Å². The number of nitrogens with one attached hydrogen (secondary N) is 2. The molecule has 3 aromatic carbocycles. The maximum absolute atomic E-state index is 13.2. The van der Waals surface area contributed by atoms with E-state index in [1.807, 2.05) is 72.5 Å². The molecule has 0 radical (unpaired) electrons. The predicted octanol–water partition coefficient (Wildman–Crippen LogP) is 7.16. The van der Waals surface area contributed by atoms with Crippen molar-refractivity contribution in [3.05, 3.63) is 95.2 Å². The molecule has 46 heavy (non-hydrogen) atoms. The van der Waals surface area contributed by atoms with Crippen molar-refractivity contribution in [2.45, 2.75) is 58.8 Å². The van der Waals surface area contributed by atoms with Gasteiger partial charge in [0.05, 0.1) is 32.0 Å². The molecule has 2 N–H and O–H groups in total. The van der Waals surface area contributed by atoms with Crippen LogP contribution in [0.5, 0.6) is 11.5 Å². The third-order valence-corrected chi connectivity index (χ3v) is 8.44. The molecule has 242 valence electrons. The molecule has 0 saturated carbocycles. The average molecular weight is 624 g/mol. The first-order valence-corrected chi connectivity index (χ1v) is 15.8. The van der Waals surface area contributed by atoms with Crippen LogP contribution in [0, 0.1) is 12.8 Å². The number of amides is 3. The van der Waals surface area contributed by atoms with E-state index in [1.54, 1.807) is 25.0 Å². The summed E-state index contributed by atoms with van der Waals surface area (Å²) >= 11 is 0. The van der Waals surface area contributed by atoms with Crippen molar-refractivity contribution in [2.24, 2.45) is 5.92 Å². The van der Waals surface area contributed by atoms with Gasteiger partial charge in [0.15, 0.2) is 0 Å². The highest BCUT2D eigenvalue weighted by atomic mass is 16.5. The maximum atomic E-state index is 13.2. The fourth-order valence-electron chi connectivity index (χ4n) is 5.75. The zero-order chi connectivity index (χ0) is 32.8. The smallest absolute Gasteiger partial charge is 0.324 e. The molecule has 1 fully saturated rings. The van der Waals surface area contributed by atoms with Crippen molar-refractivity contribution < 1.29 is 19.1 Å². The molecule has 9 heteroatoms. The Morgan fingerprint density at radius 1 is 0.870 bits per heavy atom. The molecule has 0 atom stereocenters. The second-order valence-electron chi connectivity index (χ2n) is 13.1. The SMILES string of the molecule is COc1cc(CC(=O)N2CCC(Cc3cccc(NC(=O)Nc4cc(C(C)(C)C)nn4-c4ccc(C)cc4)c3)CC2)cc(OC)c1. The van der Waals surface area contributed by atoms with E-state index >= 15 is 0 Å². The topological polar surface area (TPSA) is 97.7 Å². The molecular formula is C37H45N5O4. The Labute approximate surface area is 271 Å². The number of ether oxygens (including phenoxy) is 2. The summed E-state index contributed by atoms with van der Waals surface area (Å²) in [7, 11) is 3.22. The first-order valence-electron chi connectivity index (χ1n) is 15.8. The molecule has 0 bridgehead atoms. The number of hydrogen-bond donors (Lipinski definition) is 2. The van der Waals surface area contributed by atoms with Crippen LogP contribution in [0.2, 0.25) is 0 Å². The quantitative estimate of drug-likeness (QED) is 0.206. The highest BCUT2D eigenvalue weighted by molar-refractivity contribution is 5.99. The Kier molecular flexibility index (Phi) is 9.99. The molecule has 1 aliphatic heterocycles. The van der Waals surface area contributed by atoms with Crippen LogP contribution in [0.15, 0.2) is 72.8 Å². The molecule has 1 saturated heterocycles. The van der Waals surface area contributed by atoms with E-state index in [4.69, 9.17) is 14.6 Å². The number of rotatable bonds is 9. The second-order valence-corrected chi connectivity index (χ2v) is 13.1. The summed E-state index contributed by atoms with van der Waals surface area (Å²) in [6, 6.07) is 23.2. The summed E-state index contributed by atoms with van der Waals surface area (Å²) in [5.74, 6) is 2.54. The Bertz CT molecular complexity index is 1640. The van der Waals surface area contributed by atoms with Gasteiger partial charge in [0.1, 0.15) is 17.3 Å². The van der Waals surface area contributed by atoms with Gasteiger partial charge in [-0.2, -0.15) is 5.10 Å². The van der Waals surface area contributed by atoms with E-state index in [1.165, 1.54) is 0 Å². The number of carbonyl (C=O) groups excluding carboxylic acids is 2. The van der Waals surface area contributed by atoms with E-state index in [-0.39, 0.29) is 17.4 Å². The number of carbonyl (C=O) groups is 2. The van der Waals surface area contributed by atoms with E-state index in [2.05, 4.69) is 37.5 Å². The van der Waals surface area contributed by atoms with Gasteiger partial charge in [0, 0.05) is 36.3 Å². The lowest BCUT2D eigenvalue weighted by Gasteiger charge is -2.32. The normalized spacial score (nSPS) is 13.7. The molecule has 0 spiro atoms. The van der Waals surface area contributed by atoms with Crippen LogP contribution in [0.4, 0.5) is 16.3 Å². The lowest BCUT2D eigenvalue weighted by atomic mass is 9.90. The Morgan fingerprint density at radius 3 is 2.17 bits per heavy atom. The standard InChI is InChI=1S/C37H45N5O4/c1-25-10-12-30(13-11-25)42-34(24-33(40-42)37(2,3)4)39-36(44)38-29-9-7-8-27(19-29)18-26-14-16-41(17-15-26)35(43)22-28-20-31(45-5)23-32(21-28)46-6/h7-13,19-21,23-24,26H,14-18,22H2,1-6H3,(H2,38,39,44). The molecule has 0 aliphatic carbocycles. The molecular weight excluding hydrogens is 578 g/mol. The number of methoxy groups -OCH3 is 2. The predicted molar refractivity (Wildman–Crippen MR) is 182 cm³/mol. The number of urea groups is 1. The van der Waals surface area contributed by atoms with Crippen molar-refractivity contribution in [3.8, 4) is 17.2 Å². The van der Waals surface area contributed by atoms with Gasteiger partial charge in [0.2, 0.25) is 5.91 Å². The summed E-state index contributed by atoms with van der Waals surface area (Å²) in [4.78, 5) is 28.2. The van der Waals surface area contributed by atoms with E-state index in [0.717, 1.165) is 66.1 Å². The van der Waals surface area contributed by atoms with Crippen LogP contribution < -0.4 is 20.1 Å². The summed E-state index contributed by atoms with van der Waals surface area (Å²) in [6.45, 7) is 9.82. The average Bonchev–Trinajstić information content (AvgIpc) is 3.46. The van der Waals surface area contributed by atoms with Crippen LogP contribution in [0.1, 0.15) is 56.0 Å². The van der Waals surface area contributed by atoms with Crippen molar-refractivity contribution in [3.63, 3.8) is 0 Å². The molecule has 2 heterocycles. The first-order chi connectivity index (χ1) is 22.0. The summed E-state index contributed by atoms with van der Waals surface area (Å²) in [6.07, 6.45) is 3.08. The molecule has 9 nitrogen and oxygen atoms in total. The molecule has 1 aromatic heterocycles. The van der Waals surface area contributed by atoms with Crippen LogP contribution >= 0.6 is 0 Å². The number of aryl methyl sites for hydroxylation is 1. The van der Waals surface area contributed by atoms with E-state index in [0.29, 0.717) is 29.7 Å². The number of benzene rings is 3. The fourth-order valence-corrected chi connectivity index (χ4v) is 5.75. The maximum Gasteiger partial charge on any atom is 0.324 e. The number of aromatic nitrogens is 2. The Morgan fingerprint density at radius 2 is 1.54 bits per heavy atom. The monoisotopic (exact) mass is 623 g/mol. The molecule has 3 amide bonds. The summed E-state index contributed by atoms with van der Waals surface area (Å²) in [5, 5.41) is 10.8. The van der Waals surface area contributed by atoms with Gasteiger partial charge in [0.25, 0.3) is 0 Å². The van der Waals surface area contributed by atoms with E-state index in [9.17, 15) is 9.59 Å². The highest BCUT2D eigenvalue weighted by Gasteiger charge is 2.24. The van der Waals surface area contributed by atoms with Crippen molar-refractivity contribution in [1.29, 1.82) is 0 Å². The molecule has 0 unspecified atom stereocenters. The lowest BCUT2D eigenvalue weighted by Crippen LogP contribution is -2.39. The second kappa shape index (κ2) is 14.1. The molecule has 4 aromatic rings. The minimum atomic E-state index is -0.327. The van der Waals surface area contributed by atoms with Crippen molar-refractivity contribution >= 4 is 23.4 Å². The van der Waals surface area contributed by atoms with Gasteiger partial charge in [-0.05, 0) is 79.6 Å². The van der Waals surface area contributed by atoms with Crippen LogP contribution in [-0.4, -0.2) is 53.9 Å². The van der Waals surface area contributed by atoms with Gasteiger partial charge >= 0.3 is 6.03 Å². The zero-order valence-corrected chi connectivity index (χ0v) is 27.7. The lowest BCUT2D eigenvalue weighted by molar-refractivity contribution is -0.131. The van der Waals surface area contributed by atoms with Gasteiger partial charge < -0.3 is 19.7 Å². The summed E-state index contributed by atoms with van der Waals surface area (Å²) in [5.41, 5.74) is 5.52. The number of likely N-dealkylation sites (tertiary alicyclic amines) is 1. The van der Waals surface area contributed by atoms with Gasteiger partial charge in [-0.25, -0.2) is 9.48 Å². The Balaban J connectivity index is 1.17. The number of anilines is 2. The molecule has 5 rings (SSSR count). The minimum Gasteiger partial charge on any atom is -0.497 e. The van der Waals surface area contributed by atoms with Crippen molar-refractivity contribution in [1.82, 2.24) is 14.7 Å². The van der Waals surface area contributed by atoms with Gasteiger partial charge in [-0.3, -0.25) is 10.1 Å². The minimum absolute atomic E-state index is 0.115. The molecule has 1 aliphatic rings. The summed E-state index contributed by atoms with van der Waals surface area (Å²) < 4.78 is 12.5. The zero-order valence-electron chi connectivity index (χ0n) is 27.7. The van der Waals surface area contributed by atoms with Crippen LogP contribution in [0.3, 0.4) is 0 Å².